The second-order valence-electron chi connectivity index (χ2n) is 6.40. The molecule has 0 aliphatic rings. The van der Waals surface area contributed by atoms with Crippen molar-refractivity contribution in [3.63, 3.8) is 0 Å². The van der Waals surface area contributed by atoms with Gasteiger partial charge in [0.25, 0.3) is 5.91 Å². The second kappa shape index (κ2) is 11.5. The molecule has 26 heavy (non-hydrogen) atoms. The van der Waals surface area contributed by atoms with Crippen LogP contribution in [-0.4, -0.2) is 43.7 Å². The predicted molar refractivity (Wildman–Crippen MR) is 102 cm³/mol. The molecular weight excluding hydrogens is 328 g/mol. The lowest BCUT2D eigenvalue weighted by Crippen LogP contribution is -2.86. The number of quaternary nitrogens is 1. The zero-order valence-electron chi connectivity index (χ0n) is 15.9. The summed E-state index contributed by atoms with van der Waals surface area (Å²) in [6.07, 6.45) is 1.80. The Hall–Kier alpha value is -2.11. The average molecular weight is 359 g/mol. The van der Waals surface area contributed by atoms with E-state index in [0.29, 0.717) is 19.6 Å². The molecule has 0 atom stereocenters. The Morgan fingerprint density at radius 2 is 2.00 bits per heavy atom. The monoisotopic (exact) mass is 359 g/mol. The van der Waals surface area contributed by atoms with E-state index in [-0.39, 0.29) is 5.91 Å². The Labute approximate surface area is 156 Å². The van der Waals surface area contributed by atoms with Crippen molar-refractivity contribution in [2.45, 2.75) is 33.2 Å². The van der Waals surface area contributed by atoms with Crippen molar-refractivity contribution in [3.8, 4) is 0 Å². The van der Waals surface area contributed by atoms with Gasteiger partial charge in [-0.25, -0.2) is 0 Å². The number of ether oxygens (including phenoxy) is 1. The minimum Gasteiger partial charge on any atom is -0.464 e. The molecule has 0 fully saturated rings. The SMILES string of the molecule is CCOCCC[NH2+]CC(=O)N(CCc1ccccc1)Cc1ccc(C)o1. The van der Waals surface area contributed by atoms with Gasteiger partial charge in [-0.2, -0.15) is 0 Å². The number of carbonyl (C=O) groups excluding carboxylic acids is 1. The zero-order chi connectivity index (χ0) is 18.6. The van der Waals surface area contributed by atoms with Gasteiger partial charge in [0, 0.05) is 19.6 Å². The van der Waals surface area contributed by atoms with Gasteiger partial charge in [-0.15, -0.1) is 0 Å². The van der Waals surface area contributed by atoms with Crippen LogP contribution in [0.1, 0.15) is 30.4 Å². The molecule has 5 nitrogen and oxygen atoms in total. The Balaban J connectivity index is 1.85. The van der Waals surface area contributed by atoms with Crippen LogP contribution in [0.5, 0.6) is 0 Å². The molecule has 0 saturated carbocycles. The van der Waals surface area contributed by atoms with Gasteiger partial charge in [-0.3, -0.25) is 4.79 Å². The number of hydrogen-bond acceptors (Lipinski definition) is 3. The highest BCUT2D eigenvalue weighted by Gasteiger charge is 2.17. The summed E-state index contributed by atoms with van der Waals surface area (Å²) in [5.41, 5.74) is 1.24. The van der Waals surface area contributed by atoms with Crippen molar-refractivity contribution in [2.24, 2.45) is 0 Å². The van der Waals surface area contributed by atoms with Crippen LogP contribution in [0.15, 0.2) is 46.9 Å². The van der Waals surface area contributed by atoms with Crippen LogP contribution >= 0.6 is 0 Å². The Kier molecular flexibility index (Phi) is 8.93. The number of carbonyl (C=O) groups is 1. The molecule has 2 rings (SSSR count). The smallest absolute Gasteiger partial charge is 0.278 e. The van der Waals surface area contributed by atoms with Crippen LogP contribution in [0.25, 0.3) is 0 Å². The van der Waals surface area contributed by atoms with Crippen LogP contribution in [0.2, 0.25) is 0 Å². The van der Waals surface area contributed by atoms with E-state index in [2.05, 4.69) is 17.4 Å². The molecule has 5 heteroatoms. The molecule has 1 aromatic heterocycles. The first-order valence-corrected chi connectivity index (χ1v) is 9.45. The highest BCUT2D eigenvalue weighted by Crippen LogP contribution is 2.11. The number of rotatable bonds is 12. The van der Waals surface area contributed by atoms with E-state index < -0.39 is 0 Å². The molecule has 0 aliphatic carbocycles. The summed E-state index contributed by atoms with van der Waals surface area (Å²) in [6.45, 7) is 7.99. The first-order valence-electron chi connectivity index (χ1n) is 9.45. The number of benzene rings is 1. The van der Waals surface area contributed by atoms with E-state index in [0.717, 1.165) is 44.1 Å². The van der Waals surface area contributed by atoms with Crippen LogP contribution in [0, 0.1) is 6.92 Å². The fourth-order valence-electron chi connectivity index (χ4n) is 2.79. The third-order valence-corrected chi connectivity index (χ3v) is 4.23. The third-order valence-electron chi connectivity index (χ3n) is 4.23. The van der Waals surface area contributed by atoms with Crippen molar-refractivity contribution in [1.82, 2.24) is 4.90 Å². The lowest BCUT2D eigenvalue weighted by Gasteiger charge is -2.21. The Morgan fingerprint density at radius 1 is 1.19 bits per heavy atom. The normalized spacial score (nSPS) is 10.8. The highest BCUT2D eigenvalue weighted by atomic mass is 16.5. The van der Waals surface area contributed by atoms with Gasteiger partial charge < -0.3 is 19.4 Å². The maximum atomic E-state index is 12.7. The van der Waals surface area contributed by atoms with Crippen molar-refractivity contribution >= 4 is 5.91 Å². The summed E-state index contributed by atoms with van der Waals surface area (Å²) in [4.78, 5) is 14.6. The fourth-order valence-corrected chi connectivity index (χ4v) is 2.79. The predicted octanol–water partition coefficient (Wildman–Crippen LogP) is 2.15. The molecular formula is C21H31N2O3+. The molecule has 0 bridgehead atoms. The van der Waals surface area contributed by atoms with Gasteiger partial charge in [0.05, 0.1) is 19.7 Å². The highest BCUT2D eigenvalue weighted by molar-refractivity contribution is 5.76. The first-order chi connectivity index (χ1) is 12.7. The molecule has 0 radical (unpaired) electrons. The summed E-state index contributed by atoms with van der Waals surface area (Å²) in [6, 6.07) is 14.2. The second-order valence-corrected chi connectivity index (χ2v) is 6.40. The lowest BCUT2D eigenvalue weighted by atomic mass is 10.1. The van der Waals surface area contributed by atoms with Crippen LogP contribution in [-0.2, 0) is 22.5 Å². The van der Waals surface area contributed by atoms with E-state index in [1.807, 2.05) is 49.1 Å². The number of furan rings is 1. The van der Waals surface area contributed by atoms with Crippen LogP contribution < -0.4 is 5.32 Å². The average Bonchev–Trinajstić information content (AvgIpc) is 3.07. The van der Waals surface area contributed by atoms with Crippen molar-refractivity contribution in [2.75, 3.05) is 32.8 Å². The van der Waals surface area contributed by atoms with Gasteiger partial charge >= 0.3 is 0 Å². The van der Waals surface area contributed by atoms with Crippen molar-refractivity contribution in [1.29, 1.82) is 0 Å². The van der Waals surface area contributed by atoms with Crippen LogP contribution in [0.4, 0.5) is 0 Å². The standard InChI is InChI=1S/C21H30N2O3/c1-3-25-15-7-13-22-16-21(24)23(17-20-11-10-18(2)26-20)14-12-19-8-5-4-6-9-19/h4-6,8-11,22H,3,7,12-17H2,1-2H3/p+1. The van der Waals surface area contributed by atoms with Crippen molar-refractivity contribution < 1.29 is 19.3 Å². The number of amides is 1. The molecule has 142 valence electrons. The van der Waals surface area contributed by atoms with Gasteiger partial charge in [0.2, 0.25) is 0 Å². The molecule has 1 aromatic carbocycles. The number of aryl methyl sites for hydroxylation is 1. The quantitative estimate of drug-likeness (QED) is 0.591. The summed E-state index contributed by atoms with van der Waals surface area (Å²) in [5, 5.41) is 2.06. The van der Waals surface area contributed by atoms with E-state index in [1.54, 1.807) is 0 Å². The summed E-state index contributed by atoms with van der Waals surface area (Å²) in [7, 11) is 0. The minimum atomic E-state index is 0.145. The van der Waals surface area contributed by atoms with Crippen molar-refractivity contribution in [3.05, 3.63) is 59.5 Å². The largest absolute Gasteiger partial charge is 0.464 e. The van der Waals surface area contributed by atoms with Crippen LogP contribution in [0.3, 0.4) is 0 Å². The van der Waals surface area contributed by atoms with Gasteiger partial charge in [0.1, 0.15) is 11.5 Å². The summed E-state index contributed by atoms with van der Waals surface area (Å²) < 4.78 is 11.0. The number of nitrogens with two attached hydrogens (primary N) is 1. The first kappa shape index (κ1) is 20.2. The zero-order valence-corrected chi connectivity index (χ0v) is 15.9. The molecule has 0 aliphatic heterocycles. The molecule has 0 saturated heterocycles. The molecule has 2 aromatic rings. The minimum absolute atomic E-state index is 0.145. The fraction of sp³-hybridized carbons (Fsp3) is 0.476. The molecule has 0 unspecified atom stereocenters. The molecule has 2 N–H and O–H groups in total. The number of nitrogens with zero attached hydrogens (tertiary/aromatic N) is 1. The third kappa shape index (κ3) is 7.42. The van der Waals surface area contributed by atoms with E-state index >= 15 is 0 Å². The van der Waals surface area contributed by atoms with Gasteiger partial charge in [-0.1, -0.05) is 30.3 Å². The maximum absolute atomic E-state index is 12.7. The van der Waals surface area contributed by atoms with E-state index in [1.165, 1.54) is 5.56 Å². The Morgan fingerprint density at radius 3 is 2.69 bits per heavy atom. The Bertz CT molecular complexity index is 640. The van der Waals surface area contributed by atoms with Gasteiger partial charge in [-0.05, 0) is 38.0 Å². The summed E-state index contributed by atoms with van der Waals surface area (Å²) >= 11 is 0. The summed E-state index contributed by atoms with van der Waals surface area (Å²) in [5.74, 6) is 1.85. The lowest BCUT2D eigenvalue weighted by molar-refractivity contribution is -0.645. The molecule has 1 heterocycles. The number of hydrogen-bond donors (Lipinski definition) is 1. The van der Waals surface area contributed by atoms with E-state index in [4.69, 9.17) is 9.15 Å². The molecule has 0 spiro atoms. The van der Waals surface area contributed by atoms with E-state index in [9.17, 15) is 4.79 Å². The topological polar surface area (TPSA) is 59.3 Å². The van der Waals surface area contributed by atoms with Gasteiger partial charge in [0.15, 0.2) is 6.54 Å². The maximum Gasteiger partial charge on any atom is 0.278 e. The molecule has 1 amide bonds.